The second-order valence-corrected chi connectivity index (χ2v) is 9.74. The van der Waals surface area contributed by atoms with E-state index in [4.69, 9.17) is 10.7 Å². The van der Waals surface area contributed by atoms with Crippen molar-refractivity contribution in [3.63, 3.8) is 0 Å². The van der Waals surface area contributed by atoms with Crippen LogP contribution >= 0.6 is 0 Å². The van der Waals surface area contributed by atoms with Gasteiger partial charge in [-0.2, -0.15) is 0 Å². The maximum Gasteiger partial charge on any atom is 0.257 e. The van der Waals surface area contributed by atoms with Gasteiger partial charge in [0.05, 0.1) is 0 Å². The highest BCUT2D eigenvalue weighted by molar-refractivity contribution is 6.06. The number of likely N-dealkylation sites (tertiary alicyclic amines) is 1. The largest absolute Gasteiger partial charge is 0.369 e. The second kappa shape index (κ2) is 9.41. The molecule has 2 amide bonds. The van der Waals surface area contributed by atoms with Crippen LogP contribution in [0.5, 0.6) is 0 Å². The molecule has 1 aromatic carbocycles. The van der Waals surface area contributed by atoms with Crippen molar-refractivity contribution in [2.45, 2.75) is 69.7 Å². The molecular weight excluding hydrogens is 388 g/mol. The van der Waals surface area contributed by atoms with E-state index in [1.165, 1.54) is 37.0 Å². The van der Waals surface area contributed by atoms with Crippen molar-refractivity contribution in [2.75, 3.05) is 20.1 Å². The Morgan fingerprint density at radius 3 is 2.48 bits per heavy atom. The number of likely N-dealkylation sites (N-methyl/N-ethyl adjacent to an activating group) is 1. The van der Waals surface area contributed by atoms with Crippen molar-refractivity contribution in [2.24, 2.45) is 22.6 Å². The summed E-state index contributed by atoms with van der Waals surface area (Å²) in [5, 5.41) is 0. The topological polar surface area (TPSA) is 79.0 Å². The third-order valence-corrected chi connectivity index (χ3v) is 7.52. The van der Waals surface area contributed by atoms with E-state index in [-0.39, 0.29) is 17.7 Å². The third kappa shape index (κ3) is 4.78. The fraction of sp³-hybridized carbons (Fsp3) is 0.640. The van der Waals surface area contributed by atoms with Gasteiger partial charge in [-0.3, -0.25) is 14.5 Å². The Kier molecular flexibility index (Phi) is 6.63. The molecule has 2 fully saturated rings. The first kappa shape index (κ1) is 21.8. The summed E-state index contributed by atoms with van der Waals surface area (Å²) in [4.78, 5) is 34.5. The first-order valence-electron chi connectivity index (χ1n) is 12.0. The van der Waals surface area contributed by atoms with Gasteiger partial charge in [0.1, 0.15) is 5.54 Å². The molecule has 1 aliphatic carbocycles. The number of carbonyl (C=O) groups excluding carboxylic acids is 2. The summed E-state index contributed by atoms with van der Waals surface area (Å²) in [6.45, 7) is 1.46. The summed E-state index contributed by atoms with van der Waals surface area (Å²) in [5.41, 5.74) is 6.08. The molecule has 168 valence electrons. The molecule has 0 bridgehead atoms. The van der Waals surface area contributed by atoms with Crippen molar-refractivity contribution < 1.29 is 9.59 Å². The lowest BCUT2D eigenvalue weighted by Gasteiger charge is -2.37. The number of rotatable bonds is 6. The summed E-state index contributed by atoms with van der Waals surface area (Å²) in [7, 11) is 1.73. The molecule has 3 aliphatic rings. The van der Waals surface area contributed by atoms with E-state index in [0.717, 1.165) is 37.8 Å². The lowest BCUT2D eigenvalue weighted by Crippen LogP contribution is -2.46. The van der Waals surface area contributed by atoms with Crippen molar-refractivity contribution in [3.8, 4) is 0 Å². The molecule has 6 heteroatoms. The highest BCUT2D eigenvalue weighted by Crippen LogP contribution is 2.39. The number of piperidine rings is 1. The Bertz CT molecular complexity index is 818. The first-order valence-corrected chi connectivity index (χ1v) is 12.0. The van der Waals surface area contributed by atoms with Gasteiger partial charge in [-0.05, 0) is 56.1 Å². The monoisotopic (exact) mass is 424 g/mol. The normalized spacial score (nSPS) is 27.5. The molecule has 1 aromatic rings. The Morgan fingerprint density at radius 2 is 1.81 bits per heavy atom. The minimum absolute atomic E-state index is 0.0346. The summed E-state index contributed by atoms with van der Waals surface area (Å²) in [6.07, 6.45) is 10.9. The molecule has 6 nitrogen and oxygen atoms in total. The molecule has 0 unspecified atom stereocenters. The van der Waals surface area contributed by atoms with E-state index in [9.17, 15) is 9.59 Å². The second-order valence-electron chi connectivity index (χ2n) is 9.74. The SMILES string of the molecule is CN1C(=O)[C@](CCC2CCCCC2)(C[C@@H]2CCCN(C(=O)c3ccccc3)C2)N=C1N. The average Bonchev–Trinajstić information content (AvgIpc) is 3.02. The molecule has 4 rings (SSSR count). The van der Waals surface area contributed by atoms with Crippen LogP contribution in [0.2, 0.25) is 0 Å². The van der Waals surface area contributed by atoms with E-state index in [1.54, 1.807) is 7.05 Å². The number of hydrogen-bond donors (Lipinski definition) is 1. The number of benzene rings is 1. The van der Waals surface area contributed by atoms with Crippen LogP contribution in [0.4, 0.5) is 0 Å². The highest BCUT2D eigenvalue weighted by atomic mass is 16.2. The molecule has 1 saturated heterocycles. The lowest BCUT2D eigenvalue weighted by atomic mass is 9.77. The molecule has 2 N–H and O–H groups in total. The molecule has 0 aromatic heterocycles. The number of carbonyl (C=O) groups is 2. The molecule has 2 aliphatic heterocycles. The summed E-state index contributed by atoms with van der Waals surface area (Å²) in [5.74, 6) is 1.41. The Labute approximate surface area is 185 Å². The van der Waals surface area contributed by atoms with Gasteiger partial charge in [0.15, 0.2) is 5.96 Å². The van der Waals surface area contributed by atoms with Gasteiger partial charge in [0.25, 0.3) is 11.8 Å². The van der Waals surface area contributed by atoms with E-state index in [1.807, 2.05) is 35.2 Å². The van der Waals surface area contributed by atoms with E-state index in [0.29, 0.717) is 24.8 Å². The van der Waals surface area contributed by atoms with Crippen LogP contribution in [0.15, 0.2) is 35.3 Å². The van der Waals surface area contributed by atoms with Crippen LogP contribution in [0, 0.1) is 11.8 Å². The van der Waals surface area contributed by atoms with E-state index >= 15 is 0 Å². The Hall–Kier alpha value is -2.37. The average molecular weight is 425 g/mol. The van der Waals surface area contributed by atoms with Gasteiger partial charge in [0, 0.05) is 25.7 Å². The third-order valence-electron chi connectivity index (χ3n) is 7.52. The van der Waals surface area contributed by atoms with E-state index in [2.05, 4.69) is 0 Å². The minimum Gasteiger partial charge on any atom is -0.369 e. The van der Waals surface area contributed by atoms with E-state index < -0.39 is 5.54 Å². The standard InChI is InChI=1S/C25H36N4O2/c1-28-23(31)25(27-24(28)26,15-14-19-9-4-2-5-10-19)17-20-11-8-16-29(18-20)22(30)21-12-6-3-7-13-21/h3,6-7,12-13,19-20H,2,4-5,8-11,14-18H2,1H3,(H2,26,27)/t20-,25-/m0/s1. The summed E-state index contributed by atoms with van der Waals surface area (Å²) < 4.78 is 0. The van der Waals surface area contributed by atoms with Crippen molar-refractivity contribution in [1.29, 1.82) is 0 Å². The molecule has 0 spiro atoms. The number of aliphatic imine (C=N–C) groups is 1. The van der Waals surface area contributed by atoms with Crippen LogP contribution < -0.4 is 5.73 Å². The number of amides is 2. The van der Waals surface area contributed by atoms with Crippen molar-refractivity contribution in [3.05, 3.63) is 35.9 Å². The predicted octanol–water partition coefficient (Wildman–Crippen LogP) is 3.81. The summed E-state index contributed by atoms with van der Waals surface area (Å²) in [6, 6.07) is 9.48. The van der Waals surface area contributed by atoms with Gasteiger partial charge in [0.2, 0.25) is 0 Å². The number of guanidine groups is 1. The molecule has 2 heterocycles. The zero-order valence-corrected chi connectivity index (χ0v) is 18.8. The summed E-state index contributed by atoms with van der Waals surface area (Å²) >= 11 is 0. The highest BCUT2D eigenvalue weighted by Gasteiger charge is 2.48. The lowest BCUT2D eigenvalue weighted by molar-refractivity contribution is -0.131. The van der Waals surface area contributed by atoms with Crippen LogP contribution in [-0.4, -0.2) is 53.2 Å². The van der Waals surface area contributed by atoms with Gasteiger partial charge < -0.3 is 10.6 Å². The van der Waals surface area contributed by atoms with Gasteiger partial charge in [-0.25, -0.2) is 4.99 Å². The molecule has 0 radical (unpaired) electrons. The number of nitrogens with two attached hydrogens (primary N) is 1. The maximum atomic E-state index is 13.3. The van der Waals surface area contributed by atoms with Gasteiger partial charge in [-0.1, -0.05) is 50.3 Å². The van der Waals surface area contributed by atoms with Crippen molar-refractivity contribution >= 4 is 17.8 Å². The Balaban J connectivity index is 1.46. The first-order chi connectivity index (χ1) is 15.0. The van der Waals surface area contributed by atoms with Crippen LogP contribution in [0.25, 0.3) is 0 Å². The van der Waals surface area contributed by atoms with Crippen LogP contribution in [-0.2, 0) is 4.79 Å². The predicted molar refractivity (Wildman–Crippen MR) is 123 cm³/mol. The quantitative estimate of drug-likeness (QED) is 0.754. The molecular formula is C25H36N4O2. The minimum atomic E-state index is -0.750. The molecule has 2 atom stereocenters. The number of nitrogens with zero attached hydrogens (tertiary/aromatic N) is 3. The van der Waals surface area contributed by atoms with Crippen molar-refractivity contribution in [1.82, 2.24) is 9.80 Å². The maximum absolute atomic E-state index is 13.3. The fourth-order valence-electron chi connectivity index (χ4n) is 5.73. The van der Waals surface area contributed by atoms with Gasteiger partial charge in [-0.15, -0.1) is 0 Å². The van der Waals surface area contributed by atoms with Crippen LogP contribution in [0.3, 0.4) is 0 Å². The fourth-order valence-corrected chi connectivity index (χ4v) is 5.73. The van der Waals surface area contributed by atoms with Gasteiger partial charge >= 0.3 is 0 Å². The Morgan fingerprint density at radius 1 is 1.10 bits per heavy atom. The molecule has 1 saturated carbocycles. The molecule has 31 heavy (non-hydrogen) atoms. The van der Waals surface area contributed by atoms with Crippen LogP contribution in [0.1, 0.15) is 74.6 Å². The zero-order valence-electron chi connectivity index (χ0n) is 18.8. The zero-order chi connectivity index (χ0) is 21.8. The number of hydrogen-bond acceptors (Lipinski definition) is 4. The smallest absolute Gasteiger partial charge is 0.257 e.